The number of pyridine rings is 1. The zero-order valence-corrected chi connectivity index (χ0v) is 13.4. The van der Waals surface area contributed by atoms with Crippen LogP contribution in [-0.4, -0.2) is 28.2 Å². The second-order valence-corrected chi connectivity index (χ2v) is 5.01. The Morgan fingerprint density at radius 1 is 1.12 bits per heavy atom. The lowest BCUT2D eigenvalue weighted by Gasteiger charge is -2.16. The van der Waals surface area contributed by atoms with Gasteiger partial charge in [-0.25, -0.2) is 15.0 Å². The van der Waals surface area contributed by atoms with E-state index in [0.29, 0.717) is 23.6 Å². The topological polar surface area (TPSA) is 69.2 Å². The van der Waals surface area contributed by atoms with Crippen LogP contribution in [0.4, 0.5) is 14.6 Å². The highest BCUT2D eigenvalue weighted by Crippen LogP contribution is 2.33. The molecule has 0 fully saturated rings. The Hall–Kier alpha value is -3.03. The van der Waals surface area contributed by atoms with Crippen LogP contribution in [0.3, 0.4) is 0 Å². The molecule has 0 amide bonds. The fourth-order valence-electron chi connectivity index (χ4n) is 2.41. The van der Waals surface area contributed by atoms with Gasteiger partial charge in [0.05, 0.1) is 12.0 Å². The third-order valence-electron chi connectivity index (χ3n) is 3.42. The Balaban J connectivity index is 1.88. The highest BCUT2D eigenvalue weighted by atomic mass is 19.3. The van der Waals surface area contributed by atoms with Gasteiger partial charge < -0.3 is 14.8 Å². The van der Waals surface area contributed by atoms with Crippen molar-refractivity contribution in [2.24, 2.45) is 0 Å². The molecule has 25 heavy (non-hydrogen) atoms. The first kappa shape index (κ1) is 16.8. The van der Waals surface area contributed by atoms with Gasteiger partial charge in [-0.15, -0.1) is 0 Å². The maximum absolute atomic E-state index is 12.8. The van der Waals surface area contributed by atoms with Crippen LogP contribution in [0.5, 0.6) is 11.5 Å². The lowest BCUT2D eigenvalue weighted by molar-refractivity contribution is -0.0520. The number of hydrogen-bond acceptors (Lipinski definition) is 6. The standard InChI is InChI=1S/C17H16F2N4O2/c1-2-24-13-7-3-5-11(14(13)25-17(18)19)9-21-16-12-6-4-8-20-15(12)22-10-23-16/h3-8,10,17H,2,9H2,1H3,(H,20,21,22,23). The molecule has 2 heterocycles. The minimum atomic E-state index is -2.94. The number of hydrogen-bond donors (Lipinski definition) is 1. The molecule has 0 unspecified atom stereocenters. The van der Waals surface area contributed by atoms with E-state index in [1.807, 2.05) is 6.07 Å². The van der Waals surface area contributed by atoms with Crippen LogP contribution in [0.25, 0.3) is 11.0 Å². The van der Waals surface area contributed by atoms with E-state index in [1.165, 1.54) is 6.33 Å². The number of halogens is 2. The highest BCUT2D eigenvalue weighted by molar-refractivity contribution is 5.85. The van der Waals surface area contributed by atoms with Crippen LogP contribution in [-0.2, 0) is 6.54 Å². The summed E-state index contributed by atoms with van der Waals surface area (Å²) in [7, 11) is 0. The summed E-state index contributed by atoms with van der Waals surface area (Å²) < 4.78 is 35.6. The predicted molar refractivity (Wildman–Crippen MR) is 88.9 cm³/mol. The van der Waals surface area contributed by atoms with Gasteiger partial charge in [0.25, 0.3) is 0 Å². The number of nitrogens with one attached hydrogen (secondary N) is 1. The number of fused-ring (bicyclic) bond motifs is 1. The first-order valence-corrected chi connectivity index (χ1v) is 7.68. The van der Waals surface area contributed by atoms with Crippen molar-refractivity contribution in [1.29, 1.82) is 0 Å². The van der Waals surface area contributed by atoms with Crippen LogP contribution < -0.4 is 14.8 Å². The molecule has 3 rings (SSSR count). The number of para-hydroxylation sites is 1. The highest BCUT2D eigenvalue weighted by Gasteiger charge is 2.16. The van der Waals surface area contributed by atoms with Gasteiger partial charge in [0.15, 0.2) is 17.1 Å². The number of alkyl halides is 2. The number of anilines is 1. The molecule has 0 saturated carbocycles. The van der Waals surface area contributed by atoms with E-state index in [9.17, 15) is 8.78 Å². The monoisotopic (exact) mass is 346 g/mol. The molecule has 0 aliphatic carbocycles. The van der Waals surface area contributed by atoms with Crippen molar-refractivity contribution in [3.8, 4) is 11.5 Å². The minimum absolute atomic E-state index is 0.0170. The maximum atomic E-state index is 12.8. The molecule has 6 nitrogen and oxygen atoms in total. The van der Waals surface area contributed by atoms with Crippen molar-refractivity contribution in [2.45, 2.75) is 20.1 Å². The summed E-state index contributed by atoms with van der Waals surface area (Å²) in [5, 5.41) is 3.85. The summed E-state index contributed by atoms with van der Waals surface area (Å²) in [6, 6.07) is 8.61. The van der Waals surface area contributed by atoms with Gasteiger partial charge in [0.1, 0.15) is 12.1 Å². The average molecular weight is 346 g/mol. The lowest BCUT2D eigenvalue weighted by Crippen LogP contribution is -2.10. The maximum Gasteiger partial charge on any atom is 0.387 e. The first-order valence-electron chi connectivity index (χ1n) is 7.68. The number of rotatable bonds is 7. The molecule has 0 saturated heterocycles. The quantitative estimate of drug-likeness (QED) is 0.704. The van der Waals surface area contributed by atoms with Crippen LogP contribution in [0.1, 0.15) is 12.5 Å². The normalized spacial score (nSPS) is 10.9. The van der Waals surface area contributed by atoms with Crippen LogP contribution in [0.2, 0.25) is 0 Å². The smallest absolute Gasteiger partial charge is 0.387 e. The van der Waals surface area contributed by atoms with E-state index in [-0.39, 0.29) is 18.0 Å². The molecule has 0 bridgehead atoms. The Morgan fingerprint density at radius 2 is 2.00 bits per heavy atom. The van der Waals surface area contributed by atoms with E-state index in [0.717, 1.165) is 5.39 Å². The predicted octanol–water partition coefficient (Wildman–Crippen LogP) is 3.64. The van der Waals surface area contributed by atoms with Gasteiger partial charge in [0.2, 0.25) is 0 Å². The zero-order valence-electron chi connectivity index (χ0n) is 13.4. The Labute approximate surface area is 142 Å². The number of ether oxygens (including phenoxy) is 2. The Kier molecular flexibility index (Phi) is 5.17. The molecule has 2 aromatic heterocycles. The zero-order chi connectivity index (χ0) is 17.6. The van der Waals surface area contributed by atoms with Crippen LogP contribution in [0.15, 0.2) is 42.9 Å². The average Bonchev–Trinajstić information content (AvgIpc) is 2.62. The largest absolute Gasteiger partial charge is 0.490 e. The molecule has 3 aromatic rings. The Morgan fingerprint density at radius 3 is 2.80 bits per heavy atom. The van der Waals surface area contributed by atoms with Crippen molar-refractivity contribution >= 4 is 16.9 Å². The van der Waals surface area contributed by atoms with Gasteiger partial charge in [-0.05, 0) is 25.1 Å². The summed E-state index contributed by atoms with van der Waals surface area (Å²) in [6.45, 7) is -0.593. The lowest BCUT2D eigenvalue weighted by atomic mass is 10.2. The van der Waals surface area contributed by atoms with Crippen molar-refractivity contribution in [3.63, 3.8) is 0 Å². The SMILES string of the molecule is CCOc1cccc(CNc2ncnc3ncccc23)c1OC(F)F. The summed E-state index contributed by atoms with van der Waals surface area (Å²) in [5.74, 6) is 0.850. The fraction of sp³-hybridized carbons (Fsp3) is 0.235. The molecular formula is C17H16F2N4O2. The molecule has 0 aliphatic heterocycles. The molecule has 0 aliphatic rings. The van der Waals surface area contributed by atoms with E-state index in [2.05, 4.69) is 25.0 Å². The molecule has 1 aromatic carbocycles. The molecular weight excluding hydrogens is 330 g/mol. The second-order valence-electron chi connectivity index (χ2n) is 5.01. The van der Waals surface area contributed by atoms with Crippen molar-refractivity contribution in [3.05, 3.63) is 48.4 Å². The van der Waals surface area contributed by atoms with E-state index < -0.39 is 6.61 Å². The van der Waals surface area contributed by atoms with Gasteiger partial charge in [-0.1, -0.05) is 12.1 Å². The van der Waals surface area contributed by atoms with E-state index in [1.54, 1.807) is 37.4 Å². The molecule has 0 spiro atoms. The summed E-state index contributed by atoms with van der Waals surface area (Å²) in [4.78, 5) is 12.4. The first-order chi connectivity index (χ1) is 12.2. The molecule has 130 valence electrons. The third-order valence-corrected chi connectivity index (χ3v) is 3.42. The second kappa shape index (κ2) is 7.69. The molecule has 0 atom stereocenters. The molecule has 1 N–H and O–H groups in total. The van der Waals surface area contributed by atoms with Gasteiger partial charge >= 0.3 is 6.61 Å². The van der Waals surface area contributed by atoms with E-state index in [4.69, 9.17) is 4.74 Å². The van der Waals surface area contributed by atoms with Crippen LogP contribution >= 0.6 is 0 Å². The number of nitrogens with zero attached hydrogens (tertiary/aromatic N) is 3. The van der Waals surface area contributed by atoms with Crippen molar-refractivity contribution in [2.75, 3.05) is 11.9 Å². The van der Waals surface area contributed by atoms with Gasteiger partial charge in [0, 0.05) is 18.3 Å². The Bertz CT molecular complexity index is 856. The van der Waals surface area contributed by atoms with Crippen molar-refractivity contribution < 1.29 is 18.3 Å². The molecule has 0 radical (unpaired) electrons. The van der Waals surface area contributed by atoms with Crippen LogP contribution in [0, 0.1) is 0 Å². The number of benzene rings is 1. The summed E-state index contributed by atoms with van der Waals surface area (Å²) >= 11 is 0. The van der Waals surface area contributed by atoms with Gasteiger partial charge in [-0.3, -0.25) is 0 Å². The summed E-state index contributed by atoms with van der Waals surface area (Å²) in [6.07, 6.45) is 3.03. The fourth-order valence-corrected chi connectivity index (χ4v) is 2.41. The summed E-state index contributed by atoms with van der Waals surface area (Å²) in [5.41, 5.74) is 1.08. The minimum Gasteiger partial charge on any atom is -0.490 e. The molecule has 8 heteroatoms. The van der Waals surface area contributed by atoms with Crippen molar-refractivity contribution in [1.82, 2.24) is 15.0 Å². The van der Waals surface area contributed by atoms with Gasteiger partial charge in [-0.2, -0.15) is 8.78 Å². The van der Waals surface area contributed by atoms with E-state index >= 15 is 0 Å². The third kappa shape index (κ3) is 3.90. The number of aromatic nitrogens is 3.